The van der Waals surface area contributed by atoms with Crippen molar-refractivity contribution >= 4 is 32.9 Å². The third kappa shape index (κ3) is 4.67. The third-order valence-corrected chi connectivity index (χ3v) is 4.63. The first kappa shape index (κ1) is 20.9. The largest absolute Gasteiger partial charge is 0.300 e. The minimum absolute atomic E-state index is 0.190. The summed E-state index contributed by atoms with van der Waals surface area (Å²) in [4.78, 5) is 4.33. The van der Waals surface area contributed by atoms with E-state index in [2.05, 4.69) is 27.5 Å². The average Bonchev–Trinajstić information content (AvgIpc) is 2.73. The predicted molar refractivity (Wildman–Crippen MR) is 119 cm³/mol. The highest BCUT2D eigenvalue weighted by molar-refractivity contribution is 9.10. The van der Waals surface area contributed by atoms with Gasteiger partial charge in [-0.2, -0.15) is 5.26 Å². The second-order valence-electron chi connectivity index (χ2n) is 5.65. The quantitative estimate of drug-likeness (QED) is 0.423. The summed E-state index contributed by atoms with van der Waals surface area (Å²) in [6.07, 6.45) is 8.65. The fraction of sp³-hybridized carbons (Fsp3) is 0.0435. The molecule has 0 unspecified atom stereocenters. The molecule has 2 rings (SSSR count). The van der Waals surface area contributed by atoms with Crippen molar-refractivity contribution < 1.29 is 0 Å². The Labute approximate surface area is 173 Å². The maximum Gasteiger partial charge on any atom is 0.142 e. The molecule has 0 saturated carbocycles. The summed E-state index contributed by atoms with van der Waals surface area (Å²) < 4.78 is 0.754. The van der Waals surface area contributed by atoms with E-state index in [-0.39, 0.29) is 11.4 Å². The Kier molecular flexibility index (Phi) is 7.55. The summed E-state index contributed by atoms with van der Waals surface area (Å²) in [7, 11) is 0. The molecule has 138 valence electrons. The molecule has 0 amide bonds. The van der Waals surface area contributed by atoms with Crippen LogP contribution in [-0.4, -0.2) is 16.4 Å². The lowest BCUT2D eigenvalue weighted by atomic mass is 9.87. The molecule has 28 heavy (non-hydrogen) atoms. The van der Waals surface area contributed by atoms with Crippen LogP contribution in [0, 0.1) is 22.1 Å². The van der Waals surface area contributed by atoms with Gasteiger partial charge in [0.15, 0.2) is 0 Å². The van der Waals surface area contributed by atoms with Gasteiger partial charge >= 0.3 is 0 Å². The minimum Gasteiger partial charge on any atom is -0.300 e. The highest BCUT2D eigenvalue weighted by atomic mass is 79.9. The van der Waals surface area contributed by atoms with Crippen molar-refractivity contribution in [3.05, 3.63) is 106 Å². The Morgan fingerprint density at radius 1 is 1.18 bits per heavy atom. The van der Waals surface area contributed by atoms with Crippen LogP contribution in [0.3, 0.4) is 0 Å². The molecule has 1 aromatic heterocycles. The lowest BCUT2D eigenvalue weighted by Gasteiger charge is -2.17. The maximum absolute atomic E-state index is 9.48. The number of hydrogen-bond donors (Lipinski definition) is 2. The monoisotopic (exact) mass is 430 g/mol. The summed E-state index contributed by atoms with van der Waals surface area (Å²) in [6.45, 7) is 5.55. The van der Waals surface area contributed by atoms with Gasteiger partial charge in [-0.3, -0.25) is 15.8 Å². The van der Waals surface area contributed by atoms with Gasteiger partial charge in [-0.25, -0.2) is 0 Å². The number of rotatable bonds is 7. The summed E-state index contributed by atoms with van der Waals surface area (Å²) in [6, 6.07) is 14.6. The fourth-order valence-corrected chi connectivity index (χ4v) is 3.14. The van der Waals surface area contributed by atoms with Crippen molar-refractivity contribution in [3.8, 4) is 6.07 Å². The zero-order valence-electron chi connectivity index (χ0n) is 15.4. The first-order valence-electron chi connectivity index (χ1n) is 8.49. The van der Waals surface area contributed by atoms with Crippen molar-refractivity contribution in [2.75, 3.05) is 0 Å². The fourth-order valence-electron chi connectivity index (χ4n) is 2.66. The lowest BCUT2D eigenvalue weighted by Crippen LogP contribution is -2.13. The number of benzene rings is 1. The van der Waals surface area contributed by atoms with Crippen LogP contribution < -0.4 is 0 Å². The Morgan fingerprint density at radius 2 is 1.89 bits per heavy atom. The molecule has 1 heterocycles. The number of nitrogens with zero attached hydrogens (tertiary/aromatic N) is 2. The van der Waals surface area contributed by atoms with E-state index in [1.54, 1.807) is 42.6 Å². The van der Waals surface area contributed by atoms with E-state index in [0.29, 0.717) is 28.0 Å². The van der Waals surface area contributed by atoms with Crippen LogP contribution in [0.2, 0.25) is 0 Å². The van der Waals surface area contributed by atoms with Gasteiger partial charge < -0.3 is 0 Å². The number of allylic oxidation sites excluding steroid dienone is 7. The van der Waals surface area contributed by atoms with E-state index in [4.69, 9.17) is 10.8 Å². The minimum atomic E-state index is -0.253. The lowest BCUT2D eigenvalue weighted by molar-refractivity contribution is 1.27. The van der Waals surface area contributed by atoms with Crippen molar-refractivity contribution in [2.45, 2.75) is 6.92 Å². The van der Waals surface area contributed by atoms with Gasteiger partial charge in [0.25, 0.3) is 0 Å². The van der Waals surface area contributed by atoms with Crippen LogP contribution in [-0.2, 0) is 0 Å². The first-order valence-corrected chi connectivity index (χ1v) is 9.28. The Hall–Kier alpha value is -3.36. The predicted octanol–water partition coefficient (Wildman–Crippen LogP) is 5.90. The van der Waals surface area contributed by atoms with Crippen molar-refractivity contribution in [3.63, 3.8) is 0 Å². The van der Waals surface area contributed by atoms with Crippen LogP contribution in [0.1, 0.15) is 18.2 Å². The number of pyridine rings is 1. The van der Waals surface area contributed by atoms with Crippen LogP contribution in [0.4, 0.5) is 0 Å². The topological polar surface area (TPSA) is 84.4 Å². The smallest absolute Gasteiger partial charge is 0.142 e. The number of nitrogens with one attached hydrogen (secondary N) is 2. The van der Waals surface area contributed by atoms with E-state index in [9.17, 15) is 5.26 Å². The van der Waals surface area contributed by atoms with Gasteiger partial charge in [0, 0.05) is 27.4 Å². The van der Waals surface area contributed by atoms with E-state index in [1.807, 2.05) is 43.3 Å². The number of halogens is 1. The van der Waals surface area contributed by atoms with E-state index in [1.165, 1.54) is 0 Å². The molecule has 0 saturated heterocycles. The zero-order chi connectivity index (χ0) is 20.5. The highest BCUT2D eigenvalue weighted by Gasteiger charge is 2.23. The van der Waals surface area contributed by atoms with Gasteiger partial charge in [-0.05, 0) is 30.7 Å². The van der Waals surface area contributed by atoms with E-state index >= 15 is 0 Å². The van der Waals surface area contributed by atoms with Crippen LogP contribution >= 0.6 is 15.9 Å². The molecule has 5 heteroatoms. The van der Waals surface area contributed by atoms with Gasteiger partial charge in [0.05, 0.1) is 11.4 Å². The van der Waals surface area contributed by atoms with Gasteiger partial charge in [-0.1, -0.05) is 71.1 Å². The van der Waals surface area contributed by atoms with Gasteiger partial charge in [-0.15, -0.1) is 0 Å². The zero-order valence-corrected chi connectivity index (χ0v) is 17.0. The normalized spacial score (nSPS) is 12.2. The first-order chi connectivity index (χ1) is 13.5. The number of nitriles is 1. The van der Waals surface area contributed by atoms with E-state index in [0.717, 1.165) is 4.47 Å². The Balaban J connectivity index is 2.91. The van der Waals surface area contributed by atoms with Crippen LogP contribution in [0.5, 0.6) is 0 Å². The third-order valence-electron chi connectivity index (χ3n) is 3.94. The van der Waals surface area contributed by atoms with Gasteiger partial charge in [0.1, 0.15) is 11.8 Å². The Morgan fingerprint density at radius 3 is 2.46 bits per heavy atom. The molecular formula is C23H19BrN4. The molecule has 0 bridgehead atoms. The molecular weight excluding hydrogens is 412 g/mol. The van der Waals surface area contributed by atoms with Crippen molar-refractivity contribution in [1.29, 1.82) is 16.1 Å². The number of hydrogen-bond acceptors (Lipinski definition) is 4. The maximum atomic E-state index is 9.48. The molecule has 0 aliphatic rings. The molecule has 1 aromatic carbocycles. The van der Waals surface area contributed by atoms with Gasteiger partial charge in [0.2, 0.25) is 0 Å². The SMILES string of the molecule is C=C\C=C/C(=C\C)C(/C(=N)c1ccccc1Br)=C(/C(=N)C#N)c1ccccn1. The standard InChI is InChI=1S/C23H19BrN4/c1-3-5-10-16(4-2)21(23(27)17-11-6-7-12-18(17)24)22(19(26)15-25)20-13-8-9-14-28-20/h3-14,26-27H,1H2,2H3/b10-5-,16-4+,22-21+,26-19?,27-23?. The molecule has 0 spiro atoms. The van der Waals surface area contributed by atoms with E-state index < -0.39 is 0 Å². The summed E-state index contributed by atoms with van der Waals surface area (Å²) >= 11 is 3.50. The molecule has 0 radical (unpaired) electrons. The van der Waals surface area contributed by atoms with Crippen LogP contribution in [0.25, 0.3) is 5.57 Å². The number of aromatic nitrogens is 1. The summed E-state index contributed by atoms with van der Waals surface area (Å²) in [5.74, 6) is 0. The Bertz CT molecular complexity index is 1040. The molecule has 0 atom stereocenters. The highest BCUT2D eigenvalue weighted by Crippen LogP contribution is 2.30. The molecule has 0 aliphatic heterocycles. The molecule has 2 N–H and O–H groups in total. The van der Waals surface area contributed by atoms with Crippen LogP contribution in [0.15, 0.2) is 95.2 Å². The van der Waals surface area contributed by atoms with Crippen molar-refractivity contribution in [1.82, 2.24) is 4.98 Å². The molecule has 2 aromatic rings. The second-order valence-corrected chi connectivity index (χ2v) is 6.50. The molecule has 0 aliphatic carbocycles. The molecule has 0 fully saturated rings. The summed E-state index contributed by atoms with van der Waals surface area (Å²) in [5.41, 5.74) is 2.52. The summed E-state index contributed by atoms with van der Waals surface area (Å²) in [5, 5.41) is 26.7. The second kappa shape index (κ2) is 10.1. The van der Waals surface area contributed by atoms with Crippen molar-refractivity contribution in [2.24, 2.45) is 0 Å². The average molecular weight is 431 g/mol. The molecule has 4 nitrogen and oxygen atoms in total.